The highest BCUT2D eigenvalue weighted by molar-refractivity contribution is 6.32. The molecule has 30 heavy (non-hydrogen) atoms. The van der Waals surface area contributed by atoms with Crippen molar-refractivity contribution in [3.8, 4) is 11.5 Å². The molecule has 4 rings (SSSR count). The number of benzene rings is 2. The van der Waals surface area contributed by atoms with Gasteiger partial charge in [0.1, 0.15) is 13.2 Å². The smallest absolute Gasteiger partial charge is 0.244 e. The molecule has 1 saturated heterocycles. The number of rotatable bonds is 6. The first-order valence-corrected chi connectivity index (χ1v) is 10.5. The van der Waals surface area contributed by atoms with Gasteiger partial charge in [0.05, 0.1) is 18.2 Å². The van der Waals surface area contributed by atoms with Crippen molar-refractivity contribution in [2.45, 2.75) is 13.1 Å². The average Bonchev–Trinajstić information content (AvgIpc) is 2.78. The minimum absolute atomic E-state index is 0.168. The van der Waals surface area contributed by atoms with E-state index in [1.54, 1.807) is 12.1 Å². The Bertz CT molecular complexity index is 908. The van der Waals surface area contributed by atoms with Crippen LogP contribution in [0.25, 0.3) is 6.08 Å². The zero-order valence-corrected chi connectivity index (χ0v) is 17.5. The van der Waals surface area contributed by atoms with Crippen LogP contribution < -0.4 is 14.8 Å². The van der Waals surface area contributed by atoms with Gasteiger partial charge in [-0.05, 0) is 34.9 Å². The largest absolute Gasteiger partial charge is 0.486 e. The summed E-state index contributed by atoms with van der Waals surface area (Å²) in [5.74, 6) is 0.992. The molecular weight excluding hydrogens is 404 g/mol. The monoisotopic (exact) mass is 428 g/mol. The fourth-order valence-electron chi connectivity index (χ4n) is 3.43. The second-order valence-corrected chi connectivity index (χ2v) is 7.69. The van der Waals surface area contributed by atoms with Gasteiger partial charge in [0.2, 0.25) is 5.91 Å². The summed E-state index contributed by atoms with van der Waals surface area (Å²) in [4.78, 5) is 14.6. The number of nitrogens with zero attached hydrogens (tertiary/aromatic N) is 1. The fraction of sp³-hybridized carbons (Fsp3) is 0.348. The molecule has 1 N–H and O–H groups in total. The van der Waals surface area contributed by atoms with Gasteiger partial charge < -0.3 is 19.5 Å². The van der Waals surface area contributed by atoms with Gasteiger partial charge in [0.25, 0.3) is 0 Å². The number of amides is 1. The molecule has 1 fully saturated rings. The zero-order valence-electron chi connectivity index (χ0n) is 16.7. The lowest BCUT2D eigenvalue weighted by molar-refractivity contribution is -0.116. The van der Waals surface area contributed by atoms with E-state index in [-0.39, 0.29) is 5.91 Å². The first kappa shape index (κ1) is 20.7. The summed E-state index contributed by atoms with van der Waals surface area (Å²) in [5, 5.41) is 3.38. The van der Waals surface area contributed by atoms with Gasteiger partial charge in [0, 0.05) is 32.3 Å². The van der Waals surface area contributed by atoms with Gasteiger partial charge in [-0.2, -0.15) is 0 Å². The third-order valence-electron chi connectivity index (χ3n) is 5.05. The zero-order chi connectivity index (χ0) is 20.8. The predicted octanol–water partition coefficient (Wildman–Crippen LogP) is 3.27. The van der Waals surface area contributed by atoms with Gasteiger partial charge in [-0.15, -0.1) is 0 Å². The summed E-state index contributed by atoms with van der Waals surface area (Å²) < 4.78 is 16.4. The van der Waals surface area contributed by atoms with Gasteiger partial charge >= 0.3 is 0 Å². The molecule has 0 aromatic heterocycles. The lowest BCUT2D eigenvalue weighted by Crippen LogP contribution is -2.35. The van der Waals surface area contributed by atoms with Crippen molar-refractivity contribution in [1.29, 1.82) is 0 Å². The van der Waals surface area contributed by atoms with Crippen LogP contribution in [-0.4, -0.2) is 50.3 Å². The number of carbonyl (C=O) groups excluding carboxylic acids is 1. The molecular formula is C23H25ClN2O4. The second kappa shape index (κ2) is 9.98. The Kier molecular flexibility index (Phi) is 6.89. The summed E-state index contributed by atoms with van der Waals surface area (Å²) in [5.41, 5.74) is 3.11. The molecule has 0 radical (unpaired) electrons. The molecule has 7 heteroatoms. The molecule has 2 heterocycles. The lowest BCUT2D eigenvalue weighted by Gasteiger charge is -2.26. The Hall–Kier alpha value is -2.54. The Morgan fingerprint density at radius 2 is 1.77 bits per heavy atom. The van der Waals surface area contributed by atoms with Crippen molar-refractivity contribution >= 4 is 23.6 Å². The standard InChI is InChI=1S/C23H25ClN2O4/c24-20-13-19(14-21-23(20)30-12-11-29-21)5-6-22(27)25-15-17-1-3-18(4-2-17)16-26-7-9-28-10-8-26/h1-6,13-14H,7-12,15-16H2,(H,25,27)/b6-5+. The van der Waals surface area contributed by atoms with Crippen LogP contribution in [0.2, 0.25) is 5.02 Å². The minimum atomic E-state index is -0.168. The topological polar surface area (TPSA) is 60.0 Å². The highest BCUT2D eigenvalue weighted by Crippen LogP contribution is 2.38. The molecule has 2 aliphatic heterocycles. The van der Waals surface area contributed by atoms with Crippen LogP contribution in [0.3, 0.4) is 0 Å². The molecule has 1 amide bonds. The van der Waals surface area contributed by atoms with Gasteiger partial charge in [-0.25, -0.2) is 0 Å². The van der Waals surface area contributed by atoms with Crippen LogP contribution in [-0.2, 0) is 22.6 Å². The van der Waals surface area contributed by atoms with E-state index in [9.17, 15) is 4.79 Å². The molecule has 0 saturated carbocycles. The molecule has 158 valence electrons. The van der Waals surface area contributed by atoms with E-state index in [2.05, 4.69) is 34.5 Å². The van der Waals surface area contributed by atoms with Crippen LogP contribution in [0.5, 0.6) is 11.5 Å². The van der Waals surface area contributed by atoms with E-state index >= 15 is 0 Å². The van der Waals surface area contributed by atoms with Crippen LogP contribution in [0.15, 0.2) is 42.5 Å². The number of nitrogens with one attached hydrogen (secondary N) is 1. The molecule has 6 nitrogen and oxygen atoms in total. The molecule has 0 atom stereocenters. The third kappa shape index (κ3) is 5.53. The molecule has 0 spiro atoms. The minimum Gasteiger partial charge on any atom is -0.486 e. The van der Waals surface area contributed by atoms with E-state index in [4.69, 9.17) is 25.8 Å². The van der Waals surface area contributed by atoms with Crippen molar-refractivity contribution in [1.82, 2.24) is 10.2 Å². The normalized spacial score (nSPS) is 16.6. The summed E-state index contributed by atoms with van der Waals surface area (Å²) in [6.07, 6.45) is 3.21. The van der Waals surface area contributed by atoms with E-state index in [0.29, 0.717) is 36.3 Å². The van der Waals surface area contributed by atoms with Crippen molar-refractivity contribution in [3.05, 3.63) is 64.2 Å². The van der Waals surface area contributed by atoms with E-state index in [0.717, 1.165) is 44.0 Å². The van der Waals surface area contributed by atoms with Gasteiger partial charge in [0.15, 0.2) is 11.5 Å². The maximum Gasteiger partial charge on any atom is 0.244 e. The van der Waals surface area contributed by atoms with E-state index < -0.39 is 0 Å². The molecule has 2 aromatic carbocycles. The first-order chi connectivity index (χ1) is 14.7. The van der Waals surface area contributed by atoms with E-state index in [1.165, 1.54) is 11.6 Å². The SMILES string of the molecule is O=C(/C=C/c1cc(Cl)c2c(c1)OCCO2)NCc1ccc(CN2CCOCC2)cc1. The molecule has 2 aromatic rings. The lowest BCUT2D eigenvalue weighted by atomic mass is 10.1. The maximum absolute atomic E-state index is 12.2. The second-order valence-electron chi connectivity index (χ2n) is 7.28. The van der Waals surface area contributed by atoms with Crippen molar-refractivity contribution < 1.29 is 19.0 Å². The number of halogens is 1. The highest BCUT2D eigenvalue weighted by atomic mass is 35.5. The molecule has 0 unspecified atom stereocenters. The molecule has 2 aliphatic rings. The number of hydrogen-bond acceptors (Lipinski definition) is 5. The van der Waals surface area contributed by atoms with Crippen LogP contribution >= 0.6 is 11.6 Å². The maximum atomic E-state index is 12.2. The Morgan fingerprint density at radius 3 is 2.57 bits per heavy atom. The van der Waals surface area contributed by atoms with Crippen molar-refractivity contribution in [2.24, 2.45) is 0 Å². The number of morpholine rings is 1. The summed E-state index contributed by atoms with van der Waals surface area (Å²) in [7, 11) is 0. The summed E-state index contributed by atoms with van der Waals surface area (Å²) >= 11 is 6.23. The van der Waals surface area contributed by atoms with Crippen LogP contribution in [0.4, 0.5) is 0 Å². The number of hydrogen-bond donors (Lipinski definition) is 1. The highest BCUT2D eigenvalue weighted by Gasteiger charge is 2.16. The Balaban J connectivity index is 1.28. The Morgan fingerprint density at radius 1 is 1.03 bits per heavy atom. The van der Waals surface area contributed by atoms with Crippen molar-refractivity contribution in [2.75, 3.05) is 39.5 Å². The Labute approximate surface area is 181 Å². The van der Waals surface area contributed by atoms with Crippen molar-refractivity contribution in [3.63, 3.8) is 0 Å². The quantitative estimate of drug-likeness (QED) is 0.715. The fourth-order valence-corrected chi connectivity index (χ4v) is 3.70. The predicted molar refractivity (Wildman–Crippen MR) is 116 cm³/mol. The van der Waals surface area contributed by atoms with Crippen LogP contribution in [0.1, 0.15) is 16.7 Å². The number of fused-ring (bicyclic) bond motifs is 1. The molecule has 0 aliphatic carbocycles. The first-order valence-electron chi connectivity index (χ1n) is 10.1. The number of ether oxygens (including phenoxy) is 3. The van der Waals surface area contributed by atoms with Gasteiger partial charge in [-0.3, -0.25) is 9.69 Å². The van der Waals surface area contributed by atoms with Gasteiger partial charge in [-0.1, -0.05) is 35.9 Å². The average molecular weight is 429 g/mol. The van der Waals surface area contributed by atoms with Crippen LogP contribution in [0, 0.1) is 0 Å². The third-order valence-corrected chi connectivity index (χ3v) is 5.33. The molecule has 0 bridgehead atoms. The summed E-state index contributed by atoms with van der Waals surface area (Å²) in [6.45, 7) is 5.92. The summed E-state index contributed by atoms with van der Waals surface area (Å²) in [6, 6.07) is 11.9. The number of carbonyl (C=O) groups is 1. The van der Waals surface area contributed by atoms with E-state index in [1.807, 2.05) is 6.07 Å².